The van der Waals surface area contributed by atoms with Crippen molar-refractivity contribution in [3.8, 4) is 5.75 Å². The standard InChI is InChI=1S/C14H15BrN6O.ClH/c1-7-4-17-9(8(2)11(7)22-3)5-21-6-18-10-12(15)19-14(16)20-13(10)21;/h4,6H,5H2,1-3H3,(H2,16,19,20);1H. The van der Waals surface area contributed by atoms with Gasteiger partial charge >= 0.3 is 0 Å². The molecule has 0 aliphatic rings. The summed E-state index contributed by atoms with van der Waals surface area (Å²) in [5.41, 5.74) is 9.96. The Kier molecular flexibility index (Phi) is 5.06. The number of nitrogen functional groups attached to an aromatic ring is 1. The van der Waals surface area contributed by atoms with Crippen LogP contribution in [0.3, 0.4) is 0 Å². The number of nitrogens with zero attached hydrogens (tertiary/aromatic N) is 5. The molecular weight excluding hydrogens is 384 g/mol. The van der Waals surface area contributed by atoms with Gasteiger partial charge in [-0.05, 0) is 29.8 Å². The molecule has 23 heavy (non-hydrogen) atoms. The Balaban J connectivity index is 0.00000192. The molecule has 2 N–H and O–H groups in total. The molecule has 0 aromatic carbocycles. The van der Waals surface area contributed by atoms with Crippen molar-refractivity contribution < 1.29 is 4.74 Å². The number of pyridine rings is 1. The van der Waals surface area contributed by atoms with Crippen LogP contribution in [0.4, 0.5) is 5.95 Å². The van der Waals surface area contributed by atoms with E-state index in [0.29, 0.717) is 22.3 Å². The van der Waals surface area contributed by atoms with E-state index in [9.17, 15) is 0 Å². The van der Waals surface area contributed by atoms with Crippen LogP contribution < -0.4 is 10.5 Å². The van der Waals surface area contributed by atoms with E-state index in [4.69, 9.17) is 10.5 Å². The van der Waals surface area contributed by atoms with Gasteiger partial charge in [-0.1, -0.05) is 0 Å². The van der Waals surface area contributed by atoms with Gasteiger partial charge in [-0.15, -0.1) is 12.4 Å². The quantitative estimate of drug-likeness (QED) is 0.681. The molecule has 0 aliphatic carbocycles. The van der Waals surface area contributed by atoms with Gasteiger partial charge in [0, 0.05) is 17.3 Å². The number of anilines is 1. The Morgan fingerprint density at radius 2 is 2.00 bits per heavy atom. The zero-order valence-corrected chi connectivity index (χ0v) is 15.3. The molecule has 3 rings (SSSR count). The summed E-state index contributed by atoms with van der Waals surface area (Å²) in [7, 11) is 1.66. The second-order valence-electron chi connectivity index (χ2n) is 4.96. The van der Waals surface area contributed by atoms with E-state index in [2.05, 4.69) is 35.9 Å². The maximum atomic E-state index is 5.71. The van der Waals surface area contributed by atoms with Crippen LogP contribution >= 0.6 is 28.3 Å². The fourth-order valence-electron chi connectivity index (χ4n) is 2.43. The second kappa shape index (κ2) is 6.67. The second-order valence-corrected chi connectivity index (χ2v) is 5.71. The minimum Gasteiger partial charge on any atom is -0.496 e. The minimum atomic E-state index is 0. The lowest BCUT2D eigenvalue weighted by atomic mass is 10.1. The third kappa shape index (κ3) is 3.09. The monoisotopic (exact) mass is 398 g/mol. The lowest BCUT2D eigenvalue weighted by Gasteiger charge is -2.12. The van der Waals surface area contributed by atoms with Crippen LogP contribution in [0.1, 0.15) is 16.8 Å². The molecule has 0 atom stereocenters. The van der Waals surface area contributed by atoms with Crippen molar-refractivity contribution in [3.63, 3.8) is 0 Å². The normalized spacial score (nSPS) is 10.6. The first-order valence-corrected chi connectivity index (χ1v) is 7.43. The van der Waals surface area contributed by atoms with Gasteiger partial charge in [0.25, 0.3) is 0 Å². The molecule has 0 amide bonds. The summed E-state index contributed by atoms with van der Waals surface area (Å²) in [5, 5.41) is 0. The lowest BCUT2D eigenvalue weighted by Crippen LogP contribution is -2.07. The highest BCUT2D eigenvalue weighted by molar-refractivity contribution is 9.10. The third-order valence-corrected chi connectivity index (χ3v) is 4.06. The summed E-state index contributed by atoms with van der Waals surface area (Å²) in [6, 6.07) is 0. The van der Waals surface area contributed by atoms with Crippen LogP contribution in [0.15, 0.2) is 17.1 Å². The number of aryl methyl sites for hydroxylation is 1. The molecule has 9 heteroatoms. The summed E-state index contributed by atoms with van der Waals surface area (Å²) in [4.78, 5) is 17.1. The molecule has 3 aromatic rings. The van der Waals surface area contributed by atoms with Crippen LogP contribution in [-0.4, -0.2) is 31.6 Å². The Hall–Kier alpha value is -1.93. The van der Waals surface area contributed by atoms with Crippen LogP contribution in [0, 0.1) is 13.8 Å². The first-order valence-electron chi connectivity index (χ1n) is 6.64. The van der Waals surface area contributed by atoms with Crippen molar-refractivity contribution in [1.82, 2.24) is 24.5 Å². The maximum absolute atomic E-state index is 5.71. The number of rotatable bonds is 3. The van der Waals surface area contributed by atoms with E-state index in [0.717, 1.165) is 22.6 Å². The van der Waals surface area contributed by atoms with Crippen LogP contribution in [0.25, 0.3) is 11.2 Å². The van der Waals surface area contributed by atoms with Crippen molar-refractivity contribution in [2.24, 2.45) is 0 Å². The van der Waals surface area contributed by atoms with Crippen molar-refractivity contribution in [2.75, 3.05) is 12.8 Å². The number of nitrogens with two attached hydrogens (primary N) is 1. The summed E-state index contributed by atoms with van der Waals surface area (Å²) < 4.78 is 7.92. The van der Waals surface area contributed by atoms with E-state index >= 15 is 0 Å². The number of imidazole rings is 1. The van der Waals surface area contributed by atoms with Crippen molar-refractivity contribution >= 4 is 45.4 Å². The Morgan fingerprint density at radius 1 is 1.26 bits per heavy atom. The molecule has 0 unspecified atom stereocenters. The number of hydrogen-bond donors (Lipinski definition) is 1. The highest BCUT2D eigenvalue weighted by atomic mass is 79.9. The van der Waals surface area contributed by atoms with Gasteiger partial charge in [0.1, 0.15) is 15.9 Å². The summed E-state index contributed by atoms with van der Waals surface area (Å²) >= 11 is 3.35. The minimum absolute atomic E-state index is 0. The van der Waals surface area contributed by atoms with Gasteiger partial charge < -0.3 is 15.0 Å². The molecule has 0 bridgehead atoms. The predicted molar refractivity (Wildman–Crippen MR) is 94.0 cm³/mol. The van der Waals surface area contributed by atoms with Gasteiger partial charge in [0.2, 0.25) is 5.95 Å². The molecule has 122 valence electrons. The van der Waals surface area contributed by atoms with Crippen LogP contribution in [0.5, 0.6) is 5.75 Å². The first kappa shape index (κ1) is 17.4. The van der Waals surface area contributed by atoms with Gasteiger partial charge in [-0.3, -0.25) is 4.98 Å². The predicted octanol–water partition coefficient (Wildman–Crippen LogP) is 2.66. The Labute approximate surface area is 147 Å². The van der Waals surface area contributed by atoms with Gasteiger partial charge in [-0.2, -0.15) is 4.98 Å². The number of fused-ring (bicyclic) bond motifs is 1. The van der Waals surface area contributed by atoms with E-state index in [1.54, 1.807) is 19.6 Å². The van der Waals surface area contributed by atoms with Gasteiger partial charge in [-0.25, -0.2) is 9.97 Å². The molecular formula is C14H16BrClN6O. The molecule has 0 radical (unpaired) electrons. The molecule has 3 heterocycles. The summed E-state index contributed by atoms with van der Waals surface area (Å²) in [6.45, 7) is 4.49. The fraction of sp³-hybridized carbons (Fsp3) is 0.286. The highest BCUT2D eigenvalue weighted by Gasteiger charge is 2.14. The molecule has 0 saturated carbocycles. The average Bonchev–Trinajstić information content (AvgIpc) is 2.86. The average molecular weight is 400 g/mol. The van der Waals surface area contributed by atoms with E-state index < -0.39 is 0 Å². The number of aromatic nitrogens is 5. The lowest BCUT2D eigenvalue weighted by molar-refractivity contribution is 0.406. The fourth-order valence-corrected chi connectivity index (χ4v) is 2.89. The number of hydrogen-bond acceptors (Lipinski definition) is 6. The third-order valence-electron chi connectivity index (χ3n) is 3.51. The number of methoxy groups -OCH3 is 1. The molecule has 0 spiro atoms. The van der Waals surface area contributed by atoms with E-state index in [-0.39, 0.29) is 18.4 Å². The molecule has 0 fully saturated rings. The SMILES string of the molecule is COc1c(C)cnc(Cn2cnc3c(Br)nc(N)nc32)c1C.Cl. The zero-order valence-electron chi connectivity index (χ0n) is 12.9. The van der Waals surface area contributed by atoms with Gasteiger partial charge in [0.15, 0.2) is 5.65 Å². The smallest absolute Gasteiger partial charge is 0.223 e. The van der Waals surface area contributed by atoms with E-state index in [1.807, 2.05) is 18.4 Å². The van der Waals surface area contributed by atoms with Crippen molar-refractivity contribution in [1.29, 1.82) is 0 Å². The highest BCUT2D eigenvalue weighted by Crippen LogP contribution is 2.26. The van der Waals surface area contributed by atoms with Crippen LogP contribution in [0.2, 0.25) is 0 Å². The molecule has 0 aliphatic heterocycles. The van der Waals surface area contributed by atoms with Crippen molar-refractivity contribution in [3.05, 3.63) is 33.9 Å². The molecule has 0 saturated heterocycles. The maximum Gasteiger partial charge on any atom is 0.223 e. The molecule has 3 aromatic heterocycles. The zero-order chi connectivity index (χ0) is 15.9. The Morgan fingerprint density at radius 3 is 2.70 bits per heavy atom. The summed E-state index contributed by atoms with van der Waals surface area (Å²) in [5.74, 6) is 1.05. The Bertz CT molecular complexity index is 866. The van der Waals surface area contributed by atoms with Crippen molar-refractivity contribution in [2.45, 2.75) is 20.4 Å². The number of halogens is 2. The largest absolute Gasteiger partial charge is 0.496 e. The van der Waals surface area contributed by atoms with Gasteiger partial charge in [0.05, 0.1) is 25.7 Å². The van der Waals surface area contributed by atoms with Crippen LogP contribution in [-0.2, 0) is 6.54 Å². The summed E-state index contributed by atoms with van der Waals surface area (Å²) in [6.07, 6.45) is 3.51. The first-order chi connectivity index (χ1) is 10.5. The number of ether oxygens (including phenoxy) is 1. The topological polar surface area (TPSA) is 91.7 Å². The van der Waals surface area contributed by atoms with E-state index in [1.165, 1.54) is 0 Å². The molecule has 7 nitrogen and oxygen atoms in total.